The first-order valence-corrected chi connectivity index (χ1v) is 5.17. The van der Waals surface area contributed by atoms with Crippen molar-refractivity contribution in [3.05, 3.63) is 35.4 Å². The van der Waals surface area contributed by atoms with Gasteiger partial charge in [-0.1, -0.05) is 6.07 Å². The fraction of sp³-hybridized carbons (Fsp3) is 0.364. The van der Waals surface area contributed by atoms with Crippen molar-refractivity contribution in [2.24, 2.45) is 0 Å². The predicted molar refractivity (Wildman–Crippen MR) is 55.7 cm³/mol. The maximum Gasteiger partial charge on any atom is 0.490 e. The number of carboxylic acid groups (broad SMARTS) is 1. The Morgan fingerprint density at radius 3 is 2.11 bits per heavy atom. The van der Waals surface area contributed by atoms with Gasteiger partial charge in [-0.3, -0.25) is 0 Å². The van der Waals surface area contributed by atoms with Crippen LogP contribution in [0.1, 0.15) is 11.5 Å². The van der Waals surface area contributed by atoms with Gasteiger partial charge in [0.2, 0.25) is 0 Å². The minimum atomic E-state index is -5.08. The molecule has 1 aromatic rings. The second-order valence-electron chi connectivity index (χ2n) is 3.82. The molecule has 0 bridgehead atoms. The molecular weight excluding hydrogens is 273 g/mol. The number of hydrogen-bond acceptors (Lipinski definition) is 2. The standard InChI is InChI=1S/C9H9F2N.C2HF3O2/c10-7-1-2-8(9(11)3-7)6-4-12-5-6;3-2(4,5)1(6)7/h1-3,6,12H,4-5H2;(H,6,7). The minimum Gasteiger partial charge on any atom is -0.475 e. The zero-order chi connectivity index (χ0) is 14.6. The van der Waals surface area contributed by atoms with Gasteiger partial charge in [-0.2, -0.15) is 13.2 Å². The second kappa shape index (κ2) is 5.96. The number of alkyl halides is 3. The number of benzene rings is 1. The second-order valence-corrected chi connectivity index (χ2v) is 3.82. The summed E-state index contributed by atoms with van der Waals surface area (Å²) < 4.78 is 57.3. The summed E-state index contributed by atoms with van der Waals surface area (Å²) in [6.45, 7) is 1.59. The molecule has 1 aliphatic rings. The molecule has 19 heavy (non-hydrogen) atoms. The van der Waals surface area contributed by atoms with Gasteiger partial charge in [0.05, 0.1) is 0 Å². The summed E-state index contributed by atoms with van der Waals surface area (Å²) in [5, 5.41) is 10.2. The van der Waals surface area contributed by atoms with E-state index in [2.05, 4.69) is 5.32 Å². The molecule has 0 spiro atoms. The van der Waals surface area contributed by atoms with Crippen LogP contribution in [0.3, 0.4) is 0 Å². The third kappa shape index (κ3) is 4.47. The van der Waals surface area contributed by atoms with Gasteiger partial charge < -0.3 is 10.4 Å². The van der Waals surface area contributed by atoms with Gasteiger partial charge in [-0.25, -0.2) is 13.6 Å². The topological polar surface area (TPSA) is 49.3 Å². The van der Waals surface area contributed by atoms with Crippen molar-refractivity contribution >= 4 is 5.97 Å². The Morgan fingerprint density at radius 2 is 1.79 bits per heavy atom. The van der Waals surface area contributed by atoms with Crippen molar-refractivity contribution in [2.45, 2.75) is 12.1 Å². The smallest absolute Gasteiger partial charge is 0.475 e. The van der Waals surface area contributed by atoms with Crippen molar-refractivity contribution < 1.29 is 31.9 Å². The summed E-state index contributed by atoms with van der Waals surface area (Å²) >= 11 is 0. The first-order valence-electron chi connectivity index (χ1n) is 5.17. The maximum atomic E-state index is 13.1. The van der Waals surface area contributed by atoms with Gasteiger partial charge in [-0.15, -0.1) is 0 Å². The molecule has 106 valence electrons. The monoisotopic (exact) mass is 283 g/mol. The summed E-state index contributed by atoms with van der Waals surface area (Å²) in [5.41, 5.74) is 0.621. The molecule has 3 nitrogen and oxygen atoms in total. The van der Waals surface area contributed by atoms with Crippen molar-refractivity contribution in [1.29, 1.82) is 0 Å². The van der Waals surface area contributed by atoms with E-state index in [1.54, 1.807) is 0 Å². The van der Waals surface area contributed by atoms with Crippen LogP contribution in [0.2, 0.25) is 0 Å². The number of halogens is 5. The van der Waals surface area contributed by atoms with Crippen molar-refractivity contribution in [2.75, 3.05) is 13.1 Å². The summed E-state index contributed by atoms with van der Waals surface area (Å²) in [7, 11) is 0. The molecule has 0 aromatic heterocycles. The fourth-order valence-corrected chi connectivity index (χ4v) is 1.34. The SMILES string of the molecule is Fc1ccc(C2CNC2)c(F)c1.O=C(O)C(F)(F)F. The molecule has 0 amide bonds. The first-order chi connectivity index (χ1) is 8.71. The first kappa shape index (κ1) is 15.4. The molecule has 1 aliphatic heterocycles. The fourth-order valence-electron chi connectivity index (χ4n) is 1.34. The van der Waals surface area contributed by atoms with Crippen LogP contribution in [0.15, 0.2) is 18.2 Å². The highest BCUT2D eigenvalue weighted by molar-refractivity contribution is 5.73. The molecule has 0 aliphatic carbocycles. The molecule has 2 rings (SSSR count). The van der Waals surface area contributed by atoms with Crippen molar-refractivity contribution in [3.8, 4) is 0 Å². The molecular formula is C11H10F5NO2. The van der Waals surface area contributed by atoms with E-state index in [-0.39, 0.29) is 5.92 Å². The molecule has 1 heterocycles. The third-order valence-corrected chi connectivity index (χ3v) is 2.43. The van der Waals surface area contributed by atoms with Crippen LogP contribution < -0.4 is 5.32 Å². The van der Waals surface area contributed by atoms with Crippen molar-refractivity contribution in [1.82, 2.24) is 5.32 Å². The average molecular weight is 283 g/mol. The summed E-state index contributed by atoms with van der Waals surface area (Å²) in [6, 6.07) is 3.76. The molecule has 1 saturated heterocycles. The van der Waals surface area contributed by atoms with Crippen LogP contribution >= 0.6 is 0 Å². The number of aliphatic carboxylic acids is 1. The van der Waals surface area contributed by atoms with E-state index in [0.29, 0.717) is 5.56 Å². The number of hydrogen-bond donors (Lipinski definition) is 2. The van der Waals surface area contributed by atoms with E-state index in [1.807, 2.05) is 0 Å². The van der Waals surface area contributed by atoms with Gasteiger partial charge in [-0.05, 0) is 11.6 Å². The Hall–Kier alpha value is -1.70. The Balaban J connectivity index is 0.000000224. The highest BCUT2D eigenvalue weighted by Crippen LogP contribution is 2.22. The molecule has 1 aromatic carbocycles. The van der Waals surface area contributed by atoms with Crippen LogP contribution in [-0.4, -0.2) is 30.3 Å². The lowest BCUT2D eigenvalue weighted by atomic mass is 9.93. The number of nitrogens with one attached hydrogen (secondary N) is 1. The lowest BCUT2D eigenvalue weighted by molar-refractivity contribution is -0.192. The van der Waals surface area contributed by atoms with Crippen LogP contribution in [-0.2, 0) is 4.79 Å². The molecule has 1 fully saturated rings. The van der Waals surface area contributed by atoms with E-state index in [0.717, 1.165) is 19.2 Å². The molecule has 0 saturated carbocycles. The largest absolute Gasteiger partial charge is 0.490 e. The minimum absolute atomic E-state index is 0.227. The van der Waals surface area contributed by atoms with Crippen LogP contribution in [0.5, 0.6) is 0 Å². The van der Waals surface area contributed by atoms with Gasteiger partial charge in [0.25, 0.3) is 0 Å². The lowest BCUT2D eigenvalue weighted by Gasteiger charge is -2.27. The van der Waals surface area contributed by atoms with Crippen LogP contribution in [0.4, 0.5) is 22.0 Å². The van der Waals surface area contributed by atoms with Gasteiger partial charge in [0.1, 0.15) is 11.6 Å². The molecule has 8 heteroatoms. The predicted octanol–water partition coefficient (Wildman–Crippen LogP) is 2.28. The van der Waals surface area contributed by atoms with Gasteiger partial charge >= 0.3 is 12.1 Å². The number of rotatable bonds is 1. The average Bonchev–Trinajstić information content (AvgIpc) is 2.19. The summed E-state index contributed by atoms with van der Waals surface area (Å²) in [6.07, 6.45) is -5.08. The number of carbonyl (C=O) groups is 1. The zero-order valence-corrected chi connectivity index (χ0v) is 9.47. The van der Waals surface area contributed by atoms with Gasteiger partial charge in [0.15, 0.2) is 0 Å². The van der Waals surface area contributed by atoms with E-state index in [9.17, 15) is 22.0 Å². The van der Waals surface area contributed by atoms with Crippen LogP contribution in [0, 0.1) is 11.6 Å². The van der Waals surface area contributed by atoms with E-state index in [1.165, 1.54) is 12.1 Å². The van der Waals surface area contributed by atoms with Crippen molar-refractivity contribution in [3.63, 3.8) is 0 Å². The van der Waals surface area contributed by atoms with E-state index in [4.69, 9.17) is 9.90 Å². The normalized spacial score (nSPS) is 15.2. The molecule has 0 atom stereocenters. The lowest BCUT2D eigenvalue weighted by Crippen LogP contribution is -2.40. The highest BCUT2D eigenvalue weighted by Gasteiger charge is 2.38. The number of carboxylic acids is 1. The summed E-state index contributed by atoms with van der Waals surface area (Å²) in [4.78, 5) is 8.90. The summed E-state index contributed by atoms with van der Waals surface area (Å²) in [5.74, 6) is -3.47. The third-order valence-electron chi connectivity index (χ3n) is 2.43. The van der Waals surface area contributed by atoms with E-state index < -0.39 is 23.8 Å². The Morgan fingerprint density at radius 1 is 1.26 bits per heavy atom. The maximum absolute atomic E-state index is 13.1. The van der Waals surface area contributed by atoms with E-state index >= 15 is 0 Å². The molecule has 2 N–H and O–H groups in total. The quantitative estimate of drug-likeness (QED) is 0.777. The Bertz CT molecular complexity index is 457. The van der Waals surface area contributed by atoms with Crippen LogP contribution in [0.25, 0.3) is 0 Å². The Labute approximate surface area is 105 Å². The Kier molecular flexibility index (Phi) is 4.82. The molecule has 0 radical (unpaired) electrons. The zero-order valence-electron chi connectivity index (χ0n) is 9.47. The highest BCUT2D eigenvalue weighted by atomic mass is 19.4. The van der Waals surface area contributed by atoms with Gasteiger partial charge in [0, 0.05) is 25.1 Å². The molecule has 0 unspecified atom stereocenters.